The topological polar surface area (TPSA) is 202 Å². The van der Waals surface area contributed by atoms with Crippen LogP contribution in [0.4, 0.5) is 13.2 Å². The average Bonchev–Trinajstić information content (AvgIpc) is 1.62. The molecule has 0 saturated carbocycles. The molecule has 0 bridgehead atoms. The quantitative estimate of drug-likeness (QED) is 0.0704. The summed E-state index contributed by atoms with van der Waals surface area (Å²) in [5, 5.41) is 20.9. The molecule has 0 aliphatic rings. The van der Waals surface area contributed by atoms with E-state index in [0.29, 0.717) is 35.5 Å². The molecule has 8 aromatic carbocycles. The smallest absolute Gasteiger partial charge is 0.741 e. The molecule has 19 heteroatoms. The van der Waals surface area contributed by atoms with Crippen molar-refractivity contribution in [2.24, 2.45) is 0 Å². The van der Waals surface area contributed by atoms with Crippen LogP contribution in [-0.2, 0) is 50.3 Å². The second-order valence-corrected chi connectivity index (χ2v) is 29.0. The molecular formula is C94H91F3Ir2N5O8S-2. The maximum absolute atomic E-state index is 10.7. The van der Waals surface area contributed by atoms with E-state index in [1.807, 2.05) is 122 Å². The van der Waals surface area contributed by atoms with Crippen molar-refractivity contribution in [1.82, 2.24) is 24.9 Å². The van der Waals surface area contributed by atoms with Gasteiger partial charge in [0.2, 0.25) is 0 Å². The van der Waals surface area contributed by atoms with E-state index < -0.39 is 15.6 Å². The molecule has 2 N–H and O–H groups in total. The van der Waals surface area contributed by atoms with Crippen LogP contribution >= 0.6 is 0 Å². The summed E-state index contributed by atoms with van der Waals surface area (Å²) < 4.78 is 78.0. The Morgan fingerprint density at radius 3 is 0.947 bits per heavy atom. The summed E-state index contributed by atoms with van der Waals surface area (Å²) in [5.74, 6) is 2.63. The molecule has 587 valence electrons. The van der Waals surface area contributed by atoms with E-state index in [1.165, 1.54) is 33.4 Å². The fraction of sp³-hybridized carbons (Fsp3) is 0.223. The molecule has 0 unspecified atom stereocenters. The van der Waals surface area contributed by atoms with Crippen LogP contribution in [0.1, 0.15) is 152 Å². The third-order valence-corrected chi connectivity index (χ3v) is 18.7. The molecule has 0 aliphatic heterocycles. The molecule has 1 radical (unpaired) electrons. The van der Waals surface area contributed by atoms with Gasteiger partial charge in [0.1, 0.15) is 16.7 Å². The van der Waals surface area contributed by atoms with Crippen LogP contribution in [-0.4, -0.2) is 67.8 Å². The summed E-state index contributed by atoms with van der Waals surface area (Å²) in [5.41, 5.74) is 17.2. The summed E-state index contributed by atoms with van der Waals surface area (Å²) in [6, 6.07) is 86.9. The average molecular weight is 1890 g/mol. The number of para-hydroxylation sites is 3. The van der Waals surface area contributed by atoms with E-state index in [4.69, 9.17) is 36.4 Å². The standard InChI is InChI=1S/3C23H22NO.C11H9N.C11H8N.CHF3O3S.2CH4O.2Ir/c3*1-14(2)16-11-12-24-21(13-16)20-10-6-9-19-18-8-5-7-17(15(3)4)22(18)25-23(19)20;2*1-2-6-10(7-3-1)11-8-4-5-9-12-11;2-1(3,4)8(5,6)7;2*1-2;;/h3*5-9,11-15H,1-4H3;1-9H;1-6,8-9H;(H,5,6,7);2*2H,1H3;;/q3*-1;;-1;;;;;+3/p-1. The number of alkyl halides is 3. The summed E-state index contributed by atoms with van der Waals surface area (Å²) in [6.07, 6.45) is 9.22. The molecule has 0 amide bonds. The summed E-state index contributed by atoms with van der Waals surface area (Å²) in [6.45, 7) is 26.3. The molecular weight excluding hydrogens is 1800 g/mol. The van der Waals surface area contributed by atoms with E-state index in [9.17, 15) is 13.2 Å². The molecule has 0 saturated heterocycles. The van der Waals surface area contributed by atoms with Crippen LogP contribution in [0, 0.1) is 24.3 Å². The van der Waals surface area contributed by atoms with Crippen molar-refractivity contribution in [2.45, 2.75) is 124 Å². The minimum atomic E-state index is -6.09. The molecule has 8 aromatic heterocycles. The molecule has 16 rings (SSSR count). The number of aliphatic hydroxyl groups excluding tert-OH is 2. The number of halogens is 3. The zero-order valence-corrected chi connectivity index (χ0v) is 71.0. The molecule has 8 heterocycles. The maximum atomic E-state index is 10.7. The largest absolute Gasteiger partial charge is 3.00 e. The predicted molar refractivity (Wildman–Crippen MR) is 442 cm³/mol. The number of furan rings is 3. The first-order chi connectivity index (χ1) is 53.4. The van der Waals surface area contributed by atoms with Crippen molar-refractivity contribution >= 4 is 75.9 Å². The molecule has 16 aromatic rings. The Labute approximate surface area is 687 Å². The number of hydrogen-bond acceptors (Lipinski definition) is 13. The first kappa shape index (κ1) is 90.0. The van der Waals surface area contributed by atoms with Gasteiger partial charge >= 0.3 is 25.6 Å². The number of pyridine rings is 5. The molecule has 0 fully saturated rings. The zero-order chi connectivity index (χ0) is 80.1. The Morgan fingerprint density at radius 1 is 0.345 bits per heavy atom. The minimum Gasteiger partial charge on any atom is -0.741 e. The van der Waals surface area contributed by atoms with E-state index in [1.54, 1.807) is 6.20 Å². The summed E-state index contributed by atoms with van der Waals surface area (Å²) in [7, 11) is -4.09. The minimum absolute atomic E-state index is 0. The Kier molecular flexibility index (Phi) is 33.5. The zero-order valence-electron chi connectivity index (χ0n) is 65.4. The second kappa shape index (κ2) is 42.1. The van der Waals surface area contributed by atoms with Crippen molar-refractivity contribution in [3.8, 4) is 56.3 Å². The van der Waals surface area contributed by atoms with Gasteiger partial charge in [0.15, 0.2) is 10.1 Å². The van der Waals surface area contributed by atoms with Crippen molar-refractivity contribution in [2.75, 3.05) is 14.2 Å². The number of fused-ring (bicyclic) bond motifs is 9. The SMILES string of the molecule is CC(C)c1ccnc(-c2[c-]ccc3c2oc2c(C(C)C)cccc23)c1.CC(C)c1ccnc(-c2[c-]ccc3c2oc2c(C(C)C)cccc23)c1.CC(C)c1ccnc(-c2[c-]ccc3c2oc2c(C(C)C)cccc23)c1.CO.CO.O=S(=O)([O-])C(F)(F)F.[Ir+3].[Ir].[c-]1ccccc1-c1ccccn1.c1ccc(-c2ccccn2)cc1. The van der Waals surface area contributed by atoms with Crippen LogP contribution < -0.4 is 0 Å². The molecule has 113 heavy (non-hydrogen) atoms. The number of nitrogens with zero attached hydrogens (tertiary/aromatic N) is 5. The van der Waals surface area contributed by atoms with Crippen LogP contribution in [0.3, 0.4) is 0 Å². The number of aliphatic hydroxyl groups is 2. The van der Waals surface area contributed by atoms with Gasteiger partial charge in [0.05, 0.1) is 22.4 Å². The number of aromatic nitrogens is 5. The Balaban J connectivity index is 0.000000193. The monoisotopic (exact) mass is 1890 g/mol. The normalized spacial score (nSPS) is 11.1. The van der Waals surface area contributed by atoms with E-state index in [2.05, 4.69) is 254 Å². The first-order valence-corrected chi connectivity index (χ1v) is 38.0. The third-order valence-electron chi connectivity index (χ3n) is 18.1. The number of benzene rings is 8. The molecule has 0 spiro atoms. The van der Waals surface area contributed by atoms with Gasteiger partial charge in [0.25, 0.3) is 0 Å². The fourth-order valence-electron chi connectivity index (χ4n) is 12.3. The maximum Gasteiger partial charge on any atom is 3.00 e. The van der Waals surface area contributed by atoms with Gasteiger partial charge in [-0.3, -0.25) is 4.98 Å². The third kappa shape index (κ3) is 22.4. The first-order valence-electron chi connectivity index (χ1n) is 36.6. The van der Waals surface area contributed by atoms with E-state index in [-0.39, 0.29) is 40.2 Å². The Bertz CT molecular complexity index is 5220. The van der Waals surface area contributed by atoms with Gasteiger partial charge in [-0.05, 0) is 111 Å². The summed E-state index contributed by atoms with van der Waals surface area (Å²) >= 11 is 0. The van der Waals surface area contributed by atoms with Crippen LogP contribution in [0.5, 0.6) is 0 Å². The van der Waals surface area contributed by atoms with Gasteiger partial charge in [-0.25, -0.2) is 8.42 Å². The second-order valence-electron chi connectivity index (χ2n) is 27.6. The van der Waals surface area contributed by atoms with Crippen LogP contribution in [0.2, 0.25) is 0 Å². The Hall–Kier alpha value is -10.2. The van der Waals surface area contributed by atoms with Gasteiger partial charge in [-0.15, -0.1) is 90.5 Å². The van der Waals surface area contributed by atoms with Gasteiger partial charge in [-0.2, -0.15) is 13.2 Å². The van der Waals surface area contributed by atoms with E-state index >= 15 is 0 Å². The van der Waals surface area contributed by atoms with Gasteiger partial charge < -0.3 is 48.0 Å². The van der Waals surface area contributed by atoms with Crippen molar-refractivity contribution < 1.29 is 89.8 Å². The predicted octanol–water partition coefficient (Wildman–Crippen LogP) is 24.6. The van der Waals surface area contributed by atoms with Crippen molar-refractivity contribution in [1.29, 1.82) is 0 Å². The van der Waals surface area contributed by atoms with Gasteiger partial charge in [0, 0.05) is 87.0 Å². The van der Waals surface area contributed by atoms with Gasteiger partial charge in [-0.1, -0.05) is 254 Å². The number of hydrogen-bond donors (Lipinski definition) is 2. The molecule has 13 nitrogen and oxygen atoms in total. The van der Waals surface area contributed by atoms with Crippen molar-refractivity contribution in [3.05, 3.63) is 307 Å². The summed E-state index contributed by atoms with van der Waals surface area (Å²) in [4.78, 5) is 22.2. The molecule has 0 aliphatic carbocycles. The number of rotatable bonds is 11. The van der Waals surface area contributed by atoms with E-state index in [0.717, 1.165) is 136 Å². The Morgan fingerprint density at radius 2 is 0.655 bits per heavy atom. The van der Waals surface area contributed by atoms with Crippen molar-refractivity contribution in [3.63, 3.8) is 0 Å². The van der Waals surface area contributed by atoms with Crippen LogP contribution in [0.25, 0.3) is 122 Å². The molecule has 0 atom stereocenters. The fourth-order valence-corrected chi connectivity index (χ4v) is 12.3. The van der Waals surface area contributed by atoms with Crippen LogP contribution in [0.15, 0.2) is 263 Å².